The lowest BCUT2D eigenvalue weighted by Crippen LogP contribution is -2.31. The highest BCUT2D eigenvalue weighted by Gasteiger charge is 2.36. The number of hydrogen-bond acceptors (Lipinski definition) is 6. The number of fused-ring (bicyclic) bond motifs is 1. The van der Waals surface area contributed by atoms with Crippen molar-refractivity contribution in [3.05, 3.63) is 59.8 Å². The third-order valence-corrected chi connectivity index (χ3v) is 7.49. The second-order valence-electron chi connectivity index (χ2n) is 8.33. The van der Waals surface area contributed by atoms with Crippen molar-refractivity contribution in [1.29, 1.82) is 0 Å². The molecule has 2 aliphatic rings. The number of nitrogens with two attached hydrogens (primary N) is 1. The highest BCUT2D eigenvalue weighted by atomic mass is 32.2. The molecule has 2 aromatic carbocycles. The lowest BCUT2D eigenvalue weighted by Gasteiger charge is -2.17. The minimum atomic E-state index is -3.54. The lowest BCUT2D eigenvalue weighted by atomic mass is 9.96. The molecule has 4 N–H and O–H groups in total. The van der Waals surface area contributed by atoms with Gasteiger partial charge in [0.05, 0.1) is 16.8 Å². The van der Waals surface area contributed by atoms with Crippen molar-refractivity contribution in [1.82, 2.24) is 20.0 Å². The third-order valence-electron chi connectivity index (χ3n) is 5.98. The molecular formula is C23H23N5O3S. The van der Waals surface area contributed by atoms with E-state index in [1.807, 2.05) is 19.1 Å². The van der Waals surface area contributed by atoms with Crippen LogP contribution in [0, 0.1) is 5.92 Å². The zero-order valence-corrected chi connectivity index (χ0v) is 18.3. The fraction of sp³-hybridized carbons (Fsp3) is 0.261. The maximum Gasteiger partial charge on any atom is 0.251 e. The zero-order chi connectivity index (χ0) is 22.5. The smallest absolute Gasteiger partial charge is 0.251 e. The minimum absolute atomic E-state index is 0.0212. The van der Waals surface area contributed by atoms with Gasteiger partial charge in [0.25, 0.3) is 5.91 Å². The summed E-state index contributed by atoms with van der Waals surface area (Å²) in [5.41, 5.74) is 10.3. The van der Waals surface area contributed by atoms with Crippen molar-refractivity contribution in [3.8, 4) is 22.5 Å². The molecular weight excluding hydrogens is 426 g/mol. The van der Waals surface area contributed by atoms with Crippen LogP contribution < -0.4 is 15.8 Å². The van der Waals surface area contributed by atoms with E-state index in [0.29, 0.717) is 29.4 Å². The van der Waals surface area contributed by atoms with E-state index in [-0.39, 0.29) is 22.7 Å². The summed E-state index contributed by atoms with van der Waals surface area (Å²) >= 11 is 0. The third kappa shape index (κ3) is 3.85. The molecule has 1 saturated carbocycles. The van der Waals surface area contributed by atoms with Crippen LogP contribution in [-0.2, 0) is 16.4 Å². The highest BCUT2D eigenvalue weighted by molar-refractivity contribution is 7.89. The molecule has 0 spiro atoms. The van der Waals surface area contributed by atoms with Gasteiger partial charge in [-0.2, -0.15) is 0 Å². The van der Waals surface area contributed by atoms with Crippen LogP contribution in [0.1, 0.15) is 29.3 Å². The summed E-state index contributed by atoms with van der Waals surface area (Å²) in [5, 5.41) is 2.83. The Balaban J connectivity index is 1.45. The Kier molecular flexibility index (Phi) is 4.94. The molecule has 2 heterocycles. The second-order valence-corrected chi connectivity index (χ2v) is 10.0. The average Bonchev–Trinajstić information content (AvgIpc) is 3.47. The number of carbonyl (C=O) groups is 1. The van der Waals surface area contributed by atoms with Crippen LogP contribution >= 0.6 is 0 Å². The summed E-state index contributed by atoms with van der Waals surface area (Å²) in [6.45, 7) is 2.62. The van der Waals surface area contributed by atoms with Crippen LogP contribution in [0.25, 0.3) is 22.5 Å². The molecule has 9 heteroatoms. The number of aromatic nitrogens is 2. The largest absolute Gasteiger partial charge is 0.382 e. The molecule has 1 aliphatic carbocycles. The fourth-order valence-corrected chi connectivity index (χ4v) is 5.24. The Morgan fingerprint density at radius 2 is 1.84 bits per heavy atom. The van der Waals surface area contributed by atoms with Crippen LogP contribution in [0.5, 0.6) is 0 Å². The monoisotopic (exact) mass is 449 g/mol. The van der Waals surface area contributed by atoms with Crippen molar-refractivity contribution < 1.29 is 13.2 Å². The number of nitrogens with one attached hydrogen (secondary N) is 2. The van der Waals surface area contributed by atoms with Crippen LogP contribution in [-0.4, -0.2) is 36.9 Å². The molecule has 1 fully saturated rings. The first-order valence-corrected chi connectivity index (χ1v) is 12.0. The number of carbonyl (C=O) groups excluding carboxylic acids is 1. The summed E-state index contributed by atoms with van der Waals surface area (Å²) < 4.78 is 27.8. The van der Waals surface area contributed by atoms with Crippen molar-refractivity contribution in [3.63, 3.8) is 0 Å². The molecule has 1 aliphatic heterocycles. The van der Waals surface area contributed by atoms with Gasteiger partial charge < -0.3 is 11.1 Å². The molecule has 0 bridgehead atoms. The van der Waals surface area contributed by atoms with E-state index in [0.717, 1.165) is 29.5 Å². The number of anilines is 1. The van der Waals surface area contributed by atoms with E-state index >= 15 is 0 Å². The van der Waals surface area contributed by atoms with Gasteiger partial charge in [-0.15, -0.1) is 0 Å². The van der Waals surface area contributed by atoms with E-state index in [9.17, 15) is 13.2 Å². The first-order valence-electron chi connectivity index (χ1n) is 10.5. The zero-order valence-electron chi connectivity index (χ0n) is 17.5. The van der Waals surface area contributed by atoms with Gasteiger partial charge in [0.2, 0.25) is 10.0 Å². The number of rotatable bonds is 5. The van der Waals surface area contributed by atoms with Crippen LogP contribution in [0.15, 0.2) is 53.6 Å². The summed E-state index contributed by atoms with van der Waals surface area (Å²) in [5.74, 6) is 0.590. The second kappa shape index (κ2) is 7.68. The molecule has 1 amide bonds. The van der Waals surface area contributed by atoms with Gasteiger partial charge in [-0.3, -0.25) is 4.79 Å². The molecule has 2 atom stereocenters. The quantitative estimate of drug-likeness (QED) is 0.549. The number of nitrogen functional groups attached to an aromatic ring is 1. The predicted octanol–water partition coefficient (Wildman–Crippen LogP) is 2.37. The Morgan fingerprint density at radius 3 is 2.56 bits per heavy atom. The highest BCUT2D eigenvalue weighted by Crippen LogP contribution is 2.32. The van der Waals surface area contributed by atoms with E-state index < -0.39 is 10.0 Å². The Morgan fingerprint density at radius 1 is 1.12 bits per heavy atom. The number of nitrogens with zero attached hydrogens (tertiary/aromatic N) is 2. The first-order chi connectivity index (χ1) is 15.3. The normalized spacial score (nSPS) is 19.8. The maximum absolute atomic E-state index is 12.5. The Labute approximate surface area is 186 Å². The predicted molar refractivity (Wildman–Crippen MR) is 121 cm³/mol. The average molecular weight is 450 g/mol. The van der Waals surface area contributed by atoms with Crippen molar-refractivity contribution in [2.45, 2.75) is 30.7 Å². The van der Waals surface area contributed by atoms with E-state index in [2.05, 4.69) is 20.0 Å². The molecule has 2 unspecified atom stereocenters. The molecule has 3 aromatic rings. The molecule has 0 radical (unpaired) electrons. The van der Waals surface area contributed by atoms with Gasteiger partial charge in [-0.1, -0.05) is 25.1 Å². The molecule has 164 valence electrons. The van der Waals surface area contributed by atoms with Gasteiger partial charge >= 0.3 is 0 Å². The van der Waals surface area contributed by atoms with Crippen LogP contribution in [0.4, 0.5) is 5.82 Å². The summed E-state index contributed by atoms with van der Waals surface area (Å²) in [4.78, 5) is 21.2. The van der Waals surface area contributed by atoms with E-state index in [1.165, 1.54) is 0 Å². The number of sulfonamides is 1. The van der Waals surface area contributed by atoms with E-state index in [4.69, 9.17) is 5.73 Å². The Hall–Kier alpha value is -3.30. The van der Waals surface area contributed by atoms with Crippen LogP contribution in [0.3, 0.4) is 0 Å². The number of amides is 1. The van der Waals surface area contributed by atoms with Crippen molar-refractivity contribution in [2.24, 2.45) is 5.92 Å². The van der Waals surface area contributed by atoms with Crippen LogP contribution in [0.2, 0.25) is 0 Å². The van der Waals surface area contributed by atoms with Crippen molar-refractivity contribution in [2.75, 3.05) is 12.3 Å². The standard InChI is InChI=1S/C23H23N5O3S/c1-13-10-19(13)28-32(30,31)17-5-2-14(3-6-17)20-12-26-22(24)21(27-20)16-4-7-18-15(11-16)8-9-25-23(18)29/h2-7,11-13,19,28H,8-10H2,1H3,(H2,24,26)(H,25,29). The molecule has 1 aromatic heterocycles. The minimum Gasteiger partial charge on any atom is -0.382 e. The first kappa shape index (κ1) is 20.6. The topological polar surface area (TPSA) is 127 Å². The summed E-state index contributed by atoms with van der Waals surface area (Å²) in [6, 6.07) is 12.1. The van der Waals surface area contributed by atoms with Gasteiger partial charge in [-0.05, 0) is 48.6 Å². The van der Waals surface area contributed by atoms with Gasteiger partial charge in [0, 0.05) is 29.3 Å². The fourth-order valence-electron chi connectivity index (χ4n) is 3.88. The van der Waals surface area contributed by atoms with Gasteiger partial charge in [0.15, 0.2) is 0 Å². The summed E-state index contributed by atoms with van der Waals surface area (Å²) in [6.07, 6.45) is 3.18. The molecule has 8 nitrogen and oxygen atoms in total. The SMILES string of the molecule is CC1CC1NS(=O)(=O)c1ccc(-c2cnc(N)c(-c3ccc4c(c3)CCNC4=O)n2)cc1. The van der Waals surface area contributed by atoms with Gasteiger partial charge in [0.1, 0.15) is 11.5 Å². The number of benzene rings is 2. The van der Waals surface area contributed by atoms with Gasteiger partial charge in [-0.25, -0.2) is 23.1 Å². The summed E-state index contributed by atoms with van der Waals surface area (Å²) in [7, 11) is -3.54. The molecule has 32 heavy (non-hydrogen) atoms. The Bertz CT molecular complexity index is 1320. The number of hydrogen-bond donors (Lipinski definition) is 3. The maximum atomic E-state index is 12.5. The molecule has 0 saturated heterocycles. The van der Waals surface area contributed by atoms with Crippen molar-refractivity contribution >= 4 is 21.7 Å². The molecule has 5 rings (SSSR count). The lowest BCUT2D eigenvalue weighted by molar-refractivity contribution is 0.0946. The van der Waals surface area contributed by atoms with E-state index in [1.54, 1.807) is 36.5 Å².